The van der Waals surface area contributed by atoms with E-state index in [2.05, 4.69) is 5.32 Å². The summed E-state index contributed by atoms with van der Waals surface area (Å²) in [4.78, 5) is 22.4. The number of nitrogens with zero attached hydrogens (tertiary/aromatic N) is 1. The van der Waals surface area contributed by atoms with Gasteiger partial charge >= 0.3 is 5.97 Å². The molecule has 9 heteroatoms. The second-order valence-electron chi connectivity index (χ2n) is 4.09. The Hall–Kier alpha value is -1.45. The summed E-state index contributed by atoms with van der Waals surface area (Å²) in [5.41, 5.74) is 0. The summed E-state index contributed by atoms with van der Waals surface area (Å²) in [6, 6.07) is 1.15. The van der Waals surface area contributed by atoms with E-state index in [4.69, 9.17) is 5.11 Å². The molecule has 1 aromatic rings. The lowest BCUT2D eigenvalue weighted by Crippen LogP contribution is -2.31. The largest absolute Gasteiger partial charge is 0.477 e. The van der Waals surface area contributed by atoms with Crippen molar-refractivity contribution < 1.29 is 23.1 Å². The average Bonchev–Trinajstić information content (AvgIpc) is 2.78. The molecule has 1 amide bonds. The first-order valence-corrected chi connectivity index (χ1v) is 7.96. The van der Waals surface area contributed by atoms with Crippen molar-refractivity contribution in [1.82, 2.24) is 9.62 Å². The van der Waals surface area contributed by atoms with Gasteiger partial charge in [0, 0.05) is 31.9 Å². The van der Waals surface area contributed by atoms with Gasteiger partial charge < -0.3 is 10.4 Å². The fourth-order valence-electron chi connectivity index (χ4n) is 1.50. The first-order valence-electron chi connectivity index (χ1n) is 5.70. The number of hydrogen-bond acceptors (Lipinski definition) is 5. The number of carboxylic acids is 1. The molecule has 2 N–H and O–H groups in total. The molecule has 0 bridgehead atoms. The maximum Gasteiger partial charge on any atom is 0.345 e. The molecule has 0 radical (unpaired) electrons. The van der Waals surface area contributed by atoms with Gasteiger partial charge in [0.05, 0.1) is 4.90 Å². The molecular formula is C11H16N2O5S2. The Morgan fingerprint density at radius 1 is 1.45 bits per heavy atom. The number of rotatable bonds is 6. The summed E-state index contributed by atoms with van der Waals surface area (Å²) >= 11 is 0.911. The third-order valence-corrected chi connectivity index (χ3v) is 5.85. The SMILES string of the molecule is CNC(=O)CCN(C)S(=O)(=O)c1cc(C(=O)O)sc1C. The minimum absolute atomic E-state index is 0.0271. The fourth-order valence-corrected chi connectivity index (χ4v) is 4.07. The standard InChI is InChI=1S/C11H16N2O5S2/c1-7-9(6-8(19-7)11(15)16)20(17,18)13(3)5-4-10(14)12-2/h6H,4-5H2,1-3H3,(H,12,14)(H,15,16). The lowest BCUT2D eigenvalue weighted by molar-refractivity contribution is -0.120. The predicted octanol–water partition coefficient (Wildman–Crippen LogP) is 0.511. The van der Waals surface area contributed by atoms with Crippen LogP contribution in [0.25, 0.3) is 0 Å². The Kier molecular flexibility index (Phi) is 5.26. The molecule has 0 aliphatic rings. The lowest BCUT2D eigenvalue weighted by Gasteiger charge is -2.16. The van der Waals surface area contributed by atoms with Crippen molar-refractivity contribution in [3.8, 4) is 0 Å². The summed E-state index contributed by atoms with van der Waals surface area (Å²) in [7, 11) is -0.958. The number of hydrogen-bond donors (Lipinski definition) is 2. The topological polar surface area (TPSA) is 104 Å². The Morgan fingerprint density at radius 3 is 2.50 bits per heavy atom. The van der Waals surface area contributed by atoms with Crippen molar-refractivity contribution in [3.05, 3.63) is 15.8 Å². The minimum Gasteiger partial charge on any atom is -0.477 e. The third-order valence-electron chi connectivity index (χ3n) is 2.70. The molecule has 0 saturated heterocycles. The molecule has 0 fully saturated rings. The zero-order valence-electron chi connectivity index (χ0n) is 11.3. The Bertz CT molecular complexity index is 621. The Morgan fingerprint density at radius 2 is 2.05 bits per heavy atom. The molecule has 0 atom stereocenters. The molecule has 0 saturated carbocycles. The molecule has 20 heavy (non-hydrogen) atoms. The van der Waals surface area contributed by atoms with Crippen LogP contribution in [-0.2, 0) is 14.8 Å². The van der Waals surface area contributed by atoms with E-state index < -0.39 is 16.0 Å². The Labute approximate surface area is 121 Å². The first kappa shape index (κ1) is 16.6. The van der Waals surface area contributed by atoms with E-state index in [0.717, 1.165) is 21.7 Å². The highest BCUT2D eigenvalue weighted by Crippen LogP contribution is 2.27. The van der Waals surface area contributed by atoms with E-state index >= 15 is 0 Å². The van der Waals surface area contributed by atoms with Crippen molar-refractivity contribution in [2.75, 3.05) is 20.6 Å². The predicted molar refractivity (Wildman–Crippen MR) is 74.5 cm³/mol. The third kappa shape index (κ3) is 3.56. The number of carboxylic acid groups (broad SMARTS) is 1. The van der Waals surface area contributed by atoms with Crippen LogP contribution in [0.4, 0.5) is 0 Å². The van der Waals surface area contributed by atoms with Crippen LogP contribution in [0, 0.1) is 6.92 Å². The van der Waals surface area contributed by atoms with Gasteiger partial charge in [-0.05, 0) is 13.0 Å². The number of carbonyl (C=O) groups excluding carboxylic acids is 1. The summed E-state index contributed by atoms with van der Waals surface area (Å²) in [5, 5.41) is 11.3. The van der Waals surface area contributed by atoms with Crippen LogP contribution in [0.5, 0.6) is 0 Å². The van der Waals surface area contributed by atoms with Gasteiger partial charge in [-0.2, -0.15) is 0 Å². The lowest BCUT2D eigenvalue weighted by atomic mass is 10.4. The second-order valence-corrected chi connectivity index (χ2v) is 7.36. The molecule has 0 spiro atoms. The summed E-state index contributed by atoms with van der Waals surface area (Å²) in [6.07, 6.45) is 0.0429. The molecule has 0 aliphatic carbocycles. The number of carbonyl (C=O) groups is 2. The average molecular weight is 320 g/mol. The number of nitrogens with one attached hydrogen (secondary N) is 1. The highest BCUT2D eigenvalue weighted by atomic mass is 32.2. The van der Waals surface area contributed by atoms with Gasteiger partial charge in [0.1, 0.15) is 4.88 Å². The zero-order chi connectivity index (χ0) is 15.5. The van der Waals surface area contributed by atoms with Crippen LogP contribution in [-0.4, -0.2) is 50.3 Å². The maximum absolute atomic E-state index is 12.3. The molecule has 1 heterocycles. The van der Waals surface area contributed by atoms with Crippen molar-refractivity contribution in [2.24, 2.45) is 0 Å². The summed E-state index contributed by atoms with van der Waals surface area (Å²) in [5.74, 6) is -1.42. The molecule has 7 nitrogen and oxygen atoms in total. The summed E-state index contributed by atoms with van der Waals surface area (Å²) in [6.45, 7) is 1.58. The highest BCUT2D eigenvalue weighted by molar-refractivity contribution is 7.89. The van der Waals surface area contributed by atoms with E-state index in [0.29, 0.717) is 4.88 Å². The normalized spacial score (nSPS) is 11.6. The minimum atomic E-state index is -3.79. The number of aromatic carboxylic acids is 1. The molecule has 0 aliphatic heterocycles. The zero-order valence-corrected chi connectivity index (χ0v) is 13.0. The van der Waals surface area contributed by atoms with Crippen LogP contribution in [0.3, 0.4) is 0 Å². The van der Waals surface area contributed by atoms with E-state index in [1.807, 2.05) is 0 Å². The van der Waals surface area contributed by atoms with Gasteiger partial charge in [-0.3, -0.25) is 4.79 Å². The fraction of sp³-hybridized carbons (Fsp3) is 0.455. The summed E-state index contributed by atoms with van der Waals surface area (Å²) < 4.78 is 25.6. The molecule has 0 unspecified atom stereocenters. The van der Waals surface area contributed by atoms with E-state index in [1.54, 1.807) is 6.92 Å². The van der Waals surface area contributed by atoms with Crippen molar-refractivity contribution in [1.29, 1.82) is 0 Å². The number of aryl methyl sites for hydroxylation is 1. The smallest absolute Gasteiger partial charge is 0.345 e. The first-order chi connectivity index (χ1) is 9.20. The Balaban J connectivity index is 2.98. The van der Waals surface area contributed by atoms with Crippen molar-refractivity contribution >= 4 is 33.2 Å². The molecular weight excluding hydrogens is 304 g/mol. The van der Waals surface area contributed by atoms with Gasteiger partial charge in [0.15, 0.2) is 0 Å². The number of sulfonamides is 1. The molecule has 1 aromatic heterocycles. The maximum atomic E-state index is 12.3. The van der Waals surface area contributed by atoms with Gasteiger partial charge in [0.2, 0.25) is 15.9 Å². The van der Waals surface area contributed by atoms with Crippen LogP contribution in [0.2, 0.25) is 0 Å². The van der Waals surface area contributed by atoms with E-state index in [9.17, 15) is 18.0 Å². The quantitative estimate of drug-likeness (QED) is 0.795. The van der Waals surface area contributed by atoms with Crippen LogP contribution < -0.4 is 5.32 Å². The van der Waals surface area contributed by atoms with Gasteiger partial charge in [-0.1, -0.05) is 0 Å². The van der Waals surface area contributed by atoms with Crippen molar-refractivity contribution in [2.45, 2.75) is 18.2 Å². The molecule has 1 rings (SSSR count). The van der Waals surface area contributed by atoms with Gasteiger partial charge in [0.25, 0.3) is 0 Å². The van der Waals surface area contributed by atoms with Crippen molar-refractivity contribution in [3.63, 3.8) is 0 Å². The monoisotopic (exact) mass is 320 g/mol. The number of thiophene rings is 1. The highest BCUT2D eigenvalue weighted by Gasteiger charge is 2.26. The van der Waals surface area contributed by atoms with Crippen LogP contribution >= 0.6 is 11.3 Å². The molecule has 0 aromatic carbocycles. The van der Waals surface area contributed by atoms with Crippen LogP contribution in [0.15, 0.2) is 11.0 Å². The van der Waals surface area contributed by atoms with Gasteiger partial charge in [-0.15, -0.1) is 11.3 Å². The van der Waals surface area contributed by atoms with Crippen LogP contribution in [0.1, 0.15) is 21.0 Å². The van der Waals surface area contributed by atoms with Gasteiger partial charge in [-0.25, -0.2) is 17.5 Å². The molecule has 112 valence electrons. The van der Waals surface area contributed by atoms with E-state index in [1.165, 1.54) is 14.1 Å². The van der Waals surface area contributed by atoms with E-state index in [-0.39, 0.29) is 28.6 Å². The second kappa shape index (κ2) is 6.33. The number of amides is 1.